The molecular formula is C11H20Cl2O4. The molecule has 0 aliphatic rings. The van der Waals surface area contributed by atoms with E-state index >= 15 is 0 Å². The average molecular weight is 287 g/mol. The van der Waals surface area contributed by atoms with Crippen molar-refractivity contribution in [1.29, 1.82) is 0 Å². The molecule has 6 heteroatoms. The van der Waals surface area contributed by atoms with Gasteiger partial charge >= 0.3 is 11.9 Å². The molecule has 0 spiro atoms. The molecule has 0 saturated heterocycles. The maximum absolute atomic E-state index is 10.5. The van der Waals surface area contributed by atoms with Crippen molar-refractivity contribution >= 4 is 35.1 Å². The van der Waals surface area contributed by atoms with Crippen molar-refractivity contribution in [2.45, 2.75) is 33.1 Å². The zero-order valence-electron chi connectivity index (χ0n) is 10.3. The molecule has 0 N–H and O–H groups in total. The lowest BCUT2D eigenvalue weighted by Gasteiger charge is -1.97. The molecule has 0 aliphatic heterocycles. The third-order valence-corrected chi connectivity index (χ3v) is 1.88. The highest BCUT2D eigenvalue weighted by atomic mass is 35.5. The first-order valence-corrected chi connectivity index (χ1v) is 6.62. The summed E-state index contributed by atoms with van der Waals surface area (Å²) in [7, 11) is 0. The highest BCUT2D eigenvalue weighted by Crippen LogP contribution is 1.93. The van der Waals surface area contributed by atoms with E-state index in [9.17, 15) is 9.59 Å². The van der Waals surface area contributed by atoms with Crippen LogP contribution in [-0.4, -0.2) is 36.9 Å². The maximum Gasteiger partial charge on any atom is 0.306 e. The van der Waals surface area contributed by atoms with E-state index in [2.05, 4.69) is 9.47 Å². The minimum Gasteiger partial charge on any atom is -0.466 e. The van der Waals surface area contributed by atoms with Crippen LogP contribution >= 0.6 is 23.2 Å². The fourth-order valence-electron chi connectivity index (χ4n) is 0.755. The van der Waals surface area contributed by atoms with Crippen LogP contribution in [0.25, 0.3) is 0 Å². The molecule has 0 unspecified atom stereocenters. The summed E-state index contributed by atoms with van der Waals surface area (Å²) in [5.74, 6) is 0.498. The van der Waals surface area contributed by atoms with E-state index in [4.69, 9.17) is 23.2 Å². The van der Waals surface area contributed by atoms with Gasteiger partial charge in [0.05, 0.1) is 19.6 Å². The second-order valence-corrected chi connectivity index (χ2v) is 3.60. The van der Waals surface area contributed by atoms with E-state index in [1.54, 1.807) is 13.8 Å². The SMILES string of the molecule is CCOC(=O)CCCCl.CCOC(=O)CCCl. The number of alkyl halides is 2. The van der Waals surface area contributed by atoms with Gasteiger partial charge in [-0.3, -0.25) is 9.59 Å². The molecule has 0 radical (unpaired) electrons. The first-order chi connectivity index (χ1) is 8.12. The number of rotatable bonds is 7. The Morgan fingerprint density at radius 2 is 1.35 bits per heavy atom. The van der Waals surface area contributed by atoms with Crippen molar-refractivity contribution in [3.63, 3.8) is 0 Å². The van der Waals surface area contributed by atoms with Gasteiger partial charge in [-0.2, -0.15) is 0 Å². The Balaban J connectivity index is 0. The molecule has 0 bridgehead atoms. The monoisotopic (exact) mass is 286 g/mol. The maximum atomic E-state index is 10.5. The number of ether oxygens (including phenoxy) is 2. The van der Waals surface area contributed by atoms with Gasteiger partial charge in [-0.25, -0.2) is 0 Å². The van der Waals surface area contributed by atoms with Gasteiger partial charge < -0.3 is 9.47 Å². The van der Waals surface area contributed by atoms with Crippen LogP contribution in [0.5, 0.6) is 0 Å². The molecule has 0 saturated carbocycles. The van der Waals surface area contributed by atoms with Gasteiger partial charge in [0.2, 0.25) is 0 Å². The molecule has 0 heterocycles. The Labute approximate surface area is 113 Å². The Morgan fingerprint density at radius 1 is 0.882 bits per heavy atom. The zero-order chi connectivity index (χ0) is 13.5. The lowest BCUT2D eigenvalue weighted by Crippen LogP contribution is -2.03. The molecule has 0 rings (SSSR count). The Bertz CT molecular complexity index is 190. The van der Waals surface area contributed by atoms with Crippen LogP contribution in [0.3, 0.4) is 0 Å². The van der Waals surface area contributed by atoms with E-state index in [0.29, 0.717) is 44.2 Å². The summed E-state index contributed by atoms with van der Waals surface area (Å²) in [6.45, 7) is 4.46. The average Bonchev–Trinajstić information content (AvgIpc) is 2.28. The number of carbonyl (C=O) groups is 2. The summed E-state index contributed by atoms with van der Waals surface area (Å²) in [6, 6.07) is 0. The van der Waals surface area contributed by atoms with E-state index in [0.717, 1.165) is 0 Å². The molecule has 0 aromatic rings. The van der Waals surface area contributed by atoms with Crippen molar-refractivity contribution in [3.8, 4) is 0 Å². The van der Waals surface area contributed by atoms with Gasteiger partial charge in [0.15, 0.2) is 0 Å². The van der Waals surface area contributed by atoms with Crippen molar-refractivity contribution in [2.24, 2.45) is 0 Å². The molecule has 0 atom stereocenters. The number of carbonyl (C=O) groups excluding carboxylic acids is 2. The summed E-state index contributed by atoms with van der Waals surface area (Å²) < 4.78 is 9.21. The molecule has 102 valence electrons. The molecule has 0 aromatic heterocycles. The van der Waals surface area contributed by atoms with E-state index in [1.807, 2.05) is 0 Å². The second kappa shape index (κ2) is 15.5. The second-order valence-electron chi connectivity index (χ2n) is 2.84. The predicted molar refractivity (Wildman–Crippen MR) is 68.6 cm³/mol. The third-order valence-electron chi connectivity index (χ3n) is 1.42. The first-order valence-electron chi connectivity index (χ1n) is 5.55. The lowest BCUT2D eigenvalue weighted by atomic mass is 10.3. The minimum atomic E-state index is -0.220. The molecule has 0 aliphatic carbocycles. The van der Waals surface area contributed by atoms with Crippen LogP contribution in [0, 0.1) is 0 Å². The van der Waals surface area contributed by atoms with Crippen LogP contribution in [0.2, 0.25) is 0 Å². The first kappa shape index (κ1) is 18.9. The molecule has 4 nitrogen and oxygen atoms in total. The van der Waals surface area contributed by atoms with Gasteiger partial charge in [0, 0.05) is 18.2 Å². The number of hydrogen-bond donors (Lipinski definition) is 0. The highest BCUT2D eigenvalue weighted by molar-refractivity contribution is 6.18. The van der Waals surface area contributed by atoms with Gasteiger partial charge in [0.1, 0.15) is 0 Å². The van der Waals surface area contributed by atoms with Gasteiger partial charge in [-0.05, 0) is 20.3 Å². The van der Waals surface area contributed by atoms with E-state index in [-0.39, 0.29) is 11.9 Å². The lowest BCUT2D eigenvalue weighted by molar-refractivity contribution is -0.143. The summed E-state index contributed by atoms with van der Waals surface area (Å²) >= 11 is 10.6. The van der Waals surface area contributed by atoms with Crippen LogP contribution < -0.4 is 0 Å². The van der Waals surface area contributed by atoms with Crippen LogP contribution in [0.4, 0.5) is 0 Å². The van der Waals surface area contributed by atoms with Gasteiger partial charge in [-0.15, -0.1) is 23.2 Å². The Hall–Kier alpha value is -0.480. The smallest absolute Gasteiger partial charge is 0.306 e. The third kappa shape index (κ3) is 18.1. The Morgan fingerprint density at radius 3 is 1.71 bits per heavy atom. The van der Waals surface area contributed by atoms with E-state index in [1.165, 1.54) is 0 Å². The number of hydrogen-bond acceptors (Lipinski definition) is 4. The summed E-state index contributed by atoms with van der Waals surface area (Å²) in [6.07, 6.45) is 1.47. The summed E-state index contributed by atoms with van der Waals surface area (Å²) in [5, 5.41) is 0. The topological polar surface area (TPSA) is 52.6 Å². The zero-order valence-corrected chi connectivity index (χ0v) is 11.9. The van der Waals surface area contributed by atoms with Crippen LogP contribution in [0.15, 0.2) is 0 Å². The van der Waals surface area contributed by atoms with Crippen molar-refractivity contribution < 1.29 is 19.1 Å². The fourth-order valence-corrected chi connectivity index (χ4v) is 1.04. The van der Waals surface area contributed by atoms with Crippen molar-refractivity contribution in [2.75, 3.05) is 25.0 Å². The minimum absolute atomic E-state index is 0.154. The fraction of sp³-hybridized carbons (Fsp3) is 0.818. The molecule has 17 heavy (non-hydrogen) atoms. The standard InChI is InChI=1S/C6H11ClO2.C5H9ClO2/c1-2-9-6(8)4-3-5-7;1-2-8-5(7)3-4-6/h2-5H2,1H3;2-4H2,1H3. The van der Waals surface area contributed by atoms with Gasteiger partial charge in [-0.1, -0.05) is 0 Å². The highest BCUT2D eigenvalue weighted by Gasteiger charge is 1.98. The van der Waals surface area contributed by atoms with Crippen molar-refractivity contribution in [1.82, 2.24) is 0 Å². The Kier molecular flexibility index (Phi) is 17.2. The molecular weight excluding hydrogens is 267 g/mol. The van der Waals surface area contributed by atoms with Gasteiger partial charge in [0.25, 0.3) is 0 Å². The summed E-state index contributed by atoms with van der Waals surface area (Å²) in [5.41, 5.74) is 0. The number of halogens is 2. The predicted octanol–water partition coefficient (Wildman–Crippen LogP) is 2.75. The van der Waals surface area contributed by atoms with E-state index < -0.39 is 0 Å². The van der Waals surface area contributed by atoms with Crippen LogP contribution in [-0.2, 0) is 19.1 Å². The van der Waals surface area contributed by atoms with Crippen molar-refractivity contribution in [3.05, 3.63) is 0 Å². The van der Waals surface area contributed by atoms with Crippen LogP contribution in [0.1, 0.15) is 33.1 Å². The molecule has 0 aromatic carbocycles. The molecule has 0 amide bonds. The quantitative estimate of drug-likeness (QED) is 0.533. The largest absolute Gasteiger partial charge is 0.466 e. The summed E-state index contributed by atoms with van der Waals surface area (Å²) in [4.78, 5) is 20.9. The normalized spacial score (nSPS) is 8.94. The number of esters is 2. The molecule has 0 fully saturated rings.